The Morgan fingerprint density at radius 2 is 2.00 bits per heavy atom. The first-order valence-electron chi connectivity index (χ1n) is 10.5. The molecular weight excluding hydrogens is 422 g/mol. The molecule has 0 spiro atoms. The minimum absolute atomic E-state index is 0.0423. The van der Waals surface area contributed by atoms with E-state index < -0.39 is 34.6 Å². The second kappa shape index (κ2) is 8.25. The van der Waals surface area contributed by atoms with Crippen LogP contribution in [0.4, 0.5) is 8.78 Å². The number of pyridine rings is 1. The maximum atomic E-state index is 13.9. The Hall–Kier alpha value is -3.43. The quantitative estimate of drug-likeness (QED) is 0.749. The number of carbonyl (C=O) groups is 2. The van der Waals surface area contributed by atoms with Crippen LogP contribution in [0.25, 0.3) is 0 Å². The van der Waals surface area contributed by atoms with Crippen molar-refractivity contribution in [2.45, 2.75) is 39.4 Å². The first kappa shape index (κ1) is 21.8. The van der Waals surface area contributed by atoms with E-state index in [9.17, 15) is 28.3 Å². The van der Waals surface area contributed by atoms with Crippen molar-refractivity contribution in [1.29, 1.82) is 0 Å². The third kappa shape index (κ3) is 3.59. The van der Waals surface area contributed by atoms with Crippen molar-refractivity contribution in [3.8, 4) is 5.75 Å². The Morgan fingerprint density at radius 3 is 2.69 bits per heavy atom. The van der Waals surface area contributed by atoms with E-state index in [1.165, 1.54) is 16.9 Å². The number of halogens is 2. The van der Waals surface area contributed by atoms with E-state index in [0.29, 0.717) is 25.1 Å². The summed E-state index contributed by atoms with van der Waals surface area (Å²) in [7, 11) is 0. The maximum absolute atomic E-state index is 13.9. The number of piperidine rings is 1. The van der Waals surface area contributed by atoms with Crippen LogP contribution >= 0.6 is 0 Å². The zero-order valence-corrected chi connectivity index (χ0v) is 17.8. The van der Waals surface area contributed by atoms with Crippen LogP contribution in [0.3, 0.4) is 0 Å². The van der Waals surface area contributed by atoms with Gasteiger partial charge >= 0.3 is 0 Å². The van der Waals surface area contributed by atoms with Crippen molar-refractivity contribution in [2.24, 2.45) is 5.92 Å². The van der Waals surface area contributed by atoms with Crippen molar-refractivity contribution in [1.82, 2.24) is 14.9 Å². The number of hydrogen-bond donors (Lipinski definition) is 2. The van der Waals surface area contributed by atoms with Crippen molar-refractivity contribution < 1.29 is 23.5 Å². The lowest BCUT2D eigenvalue weighted by Gasteiger charge is -2.50. The smallest absolute Gasteiger partial charge is 0.278 e. The second-order valence-corrected chi connectivity index (χ2v) is 8.21. The molecule has 1 aromatic heterocycles. The molecule has 1 fully saturated rings. The summed E-state index contributed by atoms with van der Waals surface area (Å²) in [6.07, 6.45) is 2.65. The van der Waals surface area contributed by atoms with Gasteiger partial charge in [0.2, 0.25) is 5.43 Å². The van der Waals surface area contributed by atoms with E-state index >= 15 is 0 Å². The number of benzene rings is 1. The van der Waals surface area contributed by atoms with Gasteiger partial charge in [0.1, 0.15) is 23.4 Å². The molecule has 170 valence electrons. The number of aromatic hydroxyl groups is 1. The van der Waals surface area contributed by atoms with Crippen molar-refractivity contribution in [3.63, 3.8) is 0 Å². The highest BCUT2D eigenvalue weighted by atomic mass is 19.1. The minimum Gasteiger partial charge on any atom is -0.502 e. The van der Waals surface area contributed by atoms with Crippen LogP contribution < -0.4 is 15.8 Å². The SMILES string of the molecule is CCN1C(=O)c2c(O)c(=O)c(C(=O)NCc3ccc(F)cc3F)cn2N2C[C@@H](C)CC[C@@H]12. The van der Waals surface area contributed by atoms with E-state index in [1.54, 1.807) is 4.90 Å². The molecule has 1 aromatic carbocycles. The summed E-state index contributed by atoms with van der Waals surface area (Å²) < 4.78 is 28.3. The van der Waals surface area contributed by atoms with E-state index in [0.717, 1.165) is 18.9 Å². The summed E-state index contributed by atoms with van der Waals surface area (Å²) in [6.45, 7) is 4.60. The fourth-order valence-electron chi connectivity index (χ4n) is 4.38. The normalized spacial score (nSPS) is 20.1. The van der Waals surface area contributed by atoms with Gasteiger partial charge in [-0.2, -0.15) is 0 Å². The van der Waals surface area contributed by atoms with Crippen molar-refractivity contribution in [3.05, 3.63) is 63.1 Å². The Bertz CT molecular complexity index is 1150. The van der Waals surface area contributed by atoms with Crippen LogP contribution in [0.15, 0.2) is 29.2 Å². The topological polar surface area (TPSA) is 94.9 Å². The Balaban J connectivity index is 1.70. The highest BCUT2D eigenvalue weighted by Gasteiger charge is 2.42. The molecule has 0 saturated carbocycles. The predicted octanol–water partition coefficient (Wildman–Crippen LogP) is 1.93. The minimum atomic E-state index is -0.985. The van der Waals surface area contributed by atoms with E-state index in [2.05, 4.69) is 12.2 Å². The van der Waals surface area contributed by atoms with Crippen LogP contribution in [0.2, 0.25) is 0 Å². The maximum Gasteiger partial charge on any atom is 0.278 e. The number of carbonyl (C=O) groups excluding carboxylic acids is 2. The van der Waals surface area contributed by atoms with Crippen LogP contribution in [0.5, 0.6) is 5.75 Å². The lowest BCUT2D eigenvalue weighted by Crippen LogP contribution is -2.64. The van der Waals surface area contributed by atoms with Gasteiger partial charge in [-0.25, -0.2) is 8.78 Å². The Kier molecular flexibility index (Phi) is 5.62. The van der Waals surface area contributed by atoms with Gasteiger partial charge in [0.05, 0.1) is 0 Å². The molecule has 2 aliphatic rings. The molecule has 2 aromatic rings. The zero-order chi connectivity index (χ0) is 23.2. The monoisotopic (exact) mass is 446 g/mol. The average molecular weight is 446 g/mol. The van der Waals surface area contributed by atoms with Crippen molar-refractivity contribution >= 4 is 11.8 Å². The molecule has 32 heavy (non-hydrogen) atoms. The third-order valence-electron chi connectivity index (χ3n) is 6.06. The largest absolute Gasteiger partial charge is 0.502 e. The molecule has 0 radical (unpaired) electrons. The molecule has 10 heteroatoms. The van der Waals surface area contributed by atoms with Gasteiger partial charge in [-0.1, -0.05) is 13.0 Å². The number of nitrogens with zero attached hydrogens (tertiary/aromatic N) is 3. The molecular formula is C22H24F2N4O4. The van der Waals surface area contributed by atoms with Gasteiger partial charge in [0.25, 0.3) is 11.8 Å². The van der Waals surface area contributed by atoms with Gasteiger partial charge in [0.15, 0.2) is 11.4 Å². The summed E-state index contributed by atoms with van der Waals surface area (Å²) in [6, 6.07) is 2.95. The van der Waals surface area contributed by atoms with Crippen LogP contribution in [-0.4, -0.2) is 45.8 Å². The van der Waals surface area contributed by atoms with E-state index in [4.69, 9.17) is 0 Å². The number of amides is 2. The highest BCUT2D eigenvalue weighted by Crippen LogP contribution is 2.31. The Labute approximate surface area is 183 Å². The summed E-state index contributed by atoms with van der Waals surface area (Å²) in [5.74, 6) is -3.37. The van der Waals surface area contributed by atoms with Crippen LogP contribution in [0, 0.1) is 17.6 Å². The van der Waals surface area contributed by atoms with Gasteiger partial charge in [0, 0.05) is 37.5 Å². The average Bonchev–Trinajstić information content (AvgIpc) is 2.75. The molecule has 1 saturated heterocycles. The molecule has 2 N–H and O–H groups in total. The molecule has 0 unspecified atom stereocenters. The summed E-state index contributed by atoms with van der Waals surface area (Å²) in [4.78, 5) is 40.1. The number of nitrogens with one attached hydrogen (secondary N) is 1. The number of aromatic nitrogens is 1. The molecule has 2 aliphatic heterocycles. The van der Waals surface area contributed by atoms with Crippen molar-refractivity contribution in [2.75, 3.05) is 18.1 Å². The van der Waals surface area contributed by atoms with Gasteiger partial charge < -0.3 is 15.3 Å². The standard InChI is InChI=1S/C22H24F2N4O4/c1-3-26-17-7-4-12(2)10-27(17)28-11-15(19(29)20(30)18(28)22(26)32)21(31)25-9-13-5-6-14(23)8-16(13)24/h5-6,8,11-12,17,30H,3-4,7,9-10H2,1-2H3,(H,25,31)/t12-,17-/m0/s1. The number of rotatable bonds is 4. The summed E-state index contributed by atoms with van der Waals surface area (Å²) in [5, 5.41) is 14.9. The fourth-order valence-corrected chi connectivity index (χ4v) is 4.38. The lowest BCUT2D eigenvalue weighted by atomic mass is 9.97. The number of hydrogen-bond acceptors (Lipinski definition) is 5. The third-order valence-corrected chi connectivity index (χ3v) is 6.06. The van der Waals surface area contributed by atoms with Crippen LogP contribution in [-0.2, 0) is 6.54 Å². The number of fused-ring (bicyclic) bond motifs is 3. The van der Waals surface area contributed by atoms with E-state index in [1.807, 2.05) is 11.9 Å². The fraction of sp³-hybridized carbons (Fsp3) is 0.409. The first-order chi connectivity index (χ1) is 15.2. The molecule has 2 amide bonds. The Morgan fingerprint density at radius 1 is 1.25 bits per heavy atom. The second-order valence-electron chi connectivity index (χ2n) is 8.21. The first-order valence-corrected chi connectivity index (χ1v) is 10.5. The van der Waals surface area contributed by atoms with Gasteiger partial charge in [-0.05, 0) is 31.7 Å². The molecule has 3 heterocycles. The lowest BCUT2D eigenvalue weighted by molar-refractivity contribution is 0.0507. The molecule has 0 bridgehead atoms. The predicted molar refractivity (Wildman–Crippen MR) is 112 cm³/mol. The van der Waals surface area contributed by atoms with Crippen LogP contribution in [0.1, 0.15) is 53.1 Å². The molecule has 2 atom stereocenters. The summed E-state index contributed by atoms with van der Waals surface area (Å²) >= 11 is 0. The van der Waals surface area contributed by atoms with E-state index in [-0.39, 0.29) is 29.5 Å². The van der Waals surface area contributed by atoms with Gasteiger partial charge in [-0.3, -0.25) is 24.1 Å². The van der Waals surface area contributed by atoms with Gasteiger partial charge in [-0.15, -0.1) is 0 Å². The molecule has 4 rings (SSSR count). The highest BCUT2D eigenvalue weighted by molar-refractivity contribution is 5.99. The molecule has 0 aliphatic carbocycles. The summed E-state index contributed by atoms with van der Waals surface area (Å²) in [5.41, 5.74) is -1.49. The zero-order valence-electron chi connectivity index (χ0n) is 17.8. The molecule has 8 nitrogen and oxygen atoms in total.